The number of alkyl halides is 2. The summed E-state index contributed by atoms with van der Waals surface area (Å²) < 4.78 is 1.26. The number of aromatic nitrogens is 1. The van der Waals surface area contributed by atoms with E-state index in [4.69, 9.17) is 28.2 Å². The van der Waals surface area contributed by atoms with Crippen molar-refractivity contribution in [3.05, 3.63) is 29.3 Å². The Kier molecular flexibility index (Phi) is 4.54. The Morgan fingerprint density at radius 1 is 1.15 bits per heavy atom. The largest absolute Gasteiger partial charge is 0.241 e. The van der Waals surface area contributed by atoms with E-state index >= 15 is 0 Å². The SMILES string of the molecule is ClCC(CCl)(Cc1nc2ccccc2s1)C1CCCC1. The van der Waals surface area contributed by atoms with Crippen LogP contribution in [0, 0.1) is 11.3 Å². The number of thiazole rings is 1. The van der Waals surface area contributed by atoms with Crippen LogP contribution < -0.4 is 0 Å². The maximum Gasteiger partial charge on any atom is 0.0945 e. The van der Waals surface area contributed by atoms with Crippen LogP contribution in [-0.4, -0.2) is 16.7 Å². The van der Waals surface area contributed by atoms with Crippen LogP contribution in [0.15, 0.2) is 24.3 Å². The van der Waals surface area contributed by atoms with Gasteiger partial charge in [0.1, 0.15) is 0 Å². The summed E-state index contributed by atoms with van der Waals surface area (Å²) in [5.74, 6) is 1.93. The highest BCUT2D eigenvalue weighted by atomic mass is 35.5. The second-order valence-corrected chi connectivity index (χ2v) is 7.51. The zero-order valence-corrected chi connectivity index (χ0v) is 13.8. The third kappa shape index (κ3) is 2.70. The topological polar surface area (TPSA) is 12.9 Å². The van der Waals surface area contributed by atoms with Crippen molar-refractivity contribution >= 4 is 44.8 Å². The molecule has 3 rings (SSSR count). The van der Waals surface area contributed by atoms with E-state index in [1.807, 2.05) is 6.07 Å². The summed E-state index contributed by atoms with van der Waals surface area (Å²) in [4.78, 5) is 4.77. The van der Waals surface area contributed by atoms with Crippen molar-refractivity contribution in [1.82, 2.24) is 4.98 Å². The Hall–Kier alpha value is -0.310. The summed E-state index contributed by atoms with van der Waals surface area (Å²) in [5, 5.41) is 1.18. The standard InChI is InChI=1S/C16H19Cl2NS/c17-10-16(11-18,12-5-1-2-6-12)9-15-19-13-7-3-4-8-14(13)20-15/h3-4,7-8,12H,1-2,5-6,9-11H2. The number of nitrogens with zero attached hydrogens (tertiary/aromatic N) is 1. The number of benzene rings is 1. The molecule has 2 aromatic rings. The van der Waals surface area contributed by atoms with E-state index in [0.29, 0.717) is 17.7 Å². The molecule has 0 bridgehead atoms. The molecule has 0 saturated heterocycles. The van der Waals surface area contributed by atoms with Gasteiger partial charge in [0.25, 0.3) is 0 Å². The second-order valence-electron chi connectivity index (χ2n) is 5.86. The molecular weight excluding hydrogens is 309 g/mol. The number of hydrogen-bond donors (Lipinski definition) is 0. The van der Waals surface area contributed by atoms with Crippen LogP contribution in [0.1, 0.15) is 30.7 Å². The van der Waals surface area contributed by atoms with Crippen molar-refractivity contribution in [2.45, 2.75) is 32.1 Å². The van der Waals surface area contributed by atoms with Crippen molar-refractivity contribution in [2.75, 3.05) is 11.8 Å². The van der Waals surface area contributed by atoms with Crippen molar-refractivity contribution in [2.24, 2.45) is 11.3 Å². The van der Waals surface area contributed by atoms with E-state index in [9.17, 15) is 0 Å². The molecule has 0 unspecified atom stereocenters. The first kappa shape index (κ1) is 14.6. The van der Waals surface area contributed by atoms with Gasteiger partial charge in [0.05, 0.1) is 15.2 Å². The maximum atomic E-state index is 6.35. The predicted molar refractivity (Wildman–Crippen MR) is 89.2 cm³/mol. The molecule has 1 aliphatic carbocycles. The molecule has 0 radical (unpaired) electrons. The monoisotopic (exact) mass is 327 g/mol. The number of rotatable bonds is 5. The predicted octanol–water partition coefficient (Wildman–Crippen LogP) is 5.49. The molecule has 1 nitrogen and oxygen atoms in total. The molecule has 1 aromatic carbocycles. The van der Waals surface area contributed by atoms with Crippen LogP contribution in [0.5, 0.6) is 0 Å². The van der Waals surface area contributed by atoms with Gasteiger partial charge in [0, 0.05) is 23.6 Å². The molecule has 1 fully saturated rings. The van der Waals surface area contributed by atoms with E-state index in [0.717, 1.165) is 11.9 Å². The molecule has 20 heavy (non-hydrogen) atoms. The molecule has 0 spiro atoms. The summed E-state index contributed by atoms with van der Waals surface area (Å²) in [5.41, 5.74) is 1.12. The molecule has 4 heteroatoms. The third-order valence-electron chi connectivity index (χ3n) is 4.59. The molecule has 0 N–H and O–H groups in total. The highest BCUT2D eigenvalue weighted by Gasteiger charge is 2.39. The van der Waals surface area contributed by atoms with Crippen LogP contribution in [0.4, 0.5) is 0 Å². The number of para-hydroxylation sites is 1. The van der Waals surface area contributed by atoms with Gasteiger partial charge in [-0.3, -0.25) is 0 Å². The lowest BCUT2D eigenvalue weighted by Crippen LogP contribution is -2.35. The van der Waals surface area contributed by atoms with E-state index < -0.39 is 0 Å². The molecule has 0 atom stereocenters. The van der Waals surface area contributed by atoms with Crippen LogP contribution in [0.2, 0.25) is 0 Å². The second kappa shape index (κ2) is 6.21. The Morgan fingerprint density at radius 3 is 2.50 bits per heavy atom. The lowest BCUT2D eigenvalue weighted by Gasteiger charge is -2.35. The van der Waals surface area contributed by atoms with Gasteiger partial charge in [-0.25, -0.2) is 4.98 Å². The number of halogens is 2. The highest BCUT2D eigenvalue weighted by Crippen LogP contribution is 2.44. The first-order valence-corrected chi connectivity index (χ1v) is 9.12. The van der Waals surface area contributed by atoms with Gasteiger partial charge in [0.2, 0.25) is 0 Å². The first-order valence-electron chi connectivity index (χ1n) is 7.24. The number of fused-ring (bicyclic) bond motifs is 1. The number of hydrogen-bond acceptors (Lipinski definition) is 2. The molecule has 108 valence electrons. The van der Waals surface area contributed by atoms with E-state index in [1.54, 1.807) is 11.3 Å². The van der Waals surface area contributed by atoms with Gasteiger partial charge in [-0.1, -0.05) is 25.0 Å². The van der Waals surface area contributed by atoms with Gasteiger partial charge in [-0.2, -0.15) is 0 Å². The van der Waals surface area contributed by atoms with Crippen LogP contribution in [0.3, 0.4) is 0 Å². The van der Waals surface area contributed by atoms with Crippen LogP contribution in [0.25, 0.3) is 10.2 Å². The zero-order chi connectivity index (χ0) is 14.0. The Morgan fingerprint density at radius 2 is 1.85 bits per heavy atom. The molecule has 1 heterocycles. The van der Waals surface area contributed by atoms with Crippen molar-refractivity contribution in [3.63, 3.8) is 0 Å². The molecular formula is C16H19Cl2NS. The minimum Gasteiger partial charge on any atom is -0.241 e. The van der Waals surface area contributed by atoms with Gasteiger partial charge < -0.3 is 0 Å². The fourth-order valence-corrected chi connectivity index (χ4v) is 5.36. The lowest BCUT2D eigenvalue weighted by molar-refractivity contribution is 0.225. The quantitative estimate of drug-likeness (QED) is 0.661. The van der Waals surface area contributed by atoms with Crippen LogP contribution >= 0.6 is 34.5 Å². The smallest absolute Gasteiger partial charge is 0.0945 e. The van der Waals surface area contributed by atoms with Crippen molar-refractivity contribution < 1.29 is 0 Å². The minimum absolute atomic E-state index is 0.0213. The van der Waals surface area contributed by atoms with Crippen molar-refractivity contribution in [3.8, 4) is 0 Å². The van der Waals surface area contributed by atoms with Gasteiger partial charge in [-0.15, -0.1) is 34.5 Å². The van der Waals surface area contributed by atoms with E-state index in [-0.39, 0.29) is 5.41 Å². The van der Waals surface area contributed by atoms with Gasteiger partial charge in [-0.05, 0) is 30.9 Å². The fourth-order valence-electron chi connectivity index (χ4n) is 3.33. The Balaban J connectivity index is 1.88. The summed E-state index contributed by atoms with van der Waals surface area (Å²) in [7, 11) is 0. The highest BCUT2D eigenvalue weighted by molar-refractivity contribution is 7.18. The average molecular weight is 328 g/mol. The molecule has 0 aliphatic heterocycles. The summed E-state index contributed by atoms with van der Waals surface area (Å²) in [6, 6.07) is 8.32. The minimum atomic E-state index is 0.0213. The average Bonchev–Trinajstić information content (AvgIpc) is 3.13. The van der Waals surface area contributed by atoms with Crippen LogP contribution in [-0.2, 0) is 6.42 Å². The molecule has 1 aliphatic rings. The molecule has 1 saturated carbocycles. The maximum absolute atomic E-state index is 6.35. The fraction of sp³-hybridized carbons (Fsp3) is 0.562. The molecule has 0 amide bonds. The Bertz CT molecular complexity index is 538. The summed E-state index contributed by atoms with van der Waals surface area (Å²) in [6.45, 7) is 0. The zero-order valence-electron chi connectivity index (χ0n) is 11.4. The van der Waals surface area contributed by atoms with Gasteiger partial charge in [0.15, 0.2) is 0 Å². The van der Waals surface area contributed by atoms with E-state index in [2.05, 4.69) is 18.2 Å². The Labute approximate surface area is 134 Å². The normalized spacial score (nSPS) is 17.1. The summed E-state index contributed by atoms with van der Waals surface area (Å²) in [6.07, 6.45) is 6.10. The van der Waals surface area contributed by atoms with E-state index in [1.165, 1.54) is 35.4 Å². The third-order valence-corrected chi connectivity index (χ3v) is 6.70. The van der Waals surface area contributed by atoms with Gasteiger partial charge >= 0.3 is 0 Å². The van der Waals surface area contributed by atoms with Crippen molar-refractivity contribution in [1.29, 1.82) is 0 Å². The molecule has 1 aromatic heterocycles. The first-order chi connectivity index (χ1) is 9.77. The lowest BCUT2D eigenvalue weighted by atomic mass is 9.75. The summed E-state index contributed by atoms with van der Waals surface area (Å²) >= 11 is 14.5.